The quantitative estimate of drug-likeness (QED) is 0.204. The van der Waals surface area contributed by atoms with Crippen molar-refractivity contribution in [1.29, 1.82) is 0 Å². The molecular weight excluding hydrogens is 681 g/mol. The number of β-amino-alcohol motifs (C(OH)–C–C–N with tert-alkyl or cyclic N) is 1. The Hall–Kier alpha value is -5.03. The maximum Gasteiger partial charge on any atom is 0.434 e. The Bertz CT molecular complexity index is 2010. The number of alkyl halides is 3. The summed E-state index contributed by atoms with van der Waals surface area (Å²) in [5.74, 6) is -0.864. The van der Waals surface area contributed by atoms with E-state index in [0.29, 0.717) is 17.6 Å². The summed E-state index contributed by atoms with van der Waals surface area (Å²) in [6.07, 6.45) is -3.82. The van der Waals surface area contributed by atoms with Crippen molar-refractivity contribution in [3.63, 3.8) is 0 Å². The number of pyridine rings is 2. The second kappa shape index (κ2) is 14.1. The Morgan fingerprint density at radius 2 is 1.84 bits per heavy atom. The number of hydrogen-bond acceptors (Lipinski definition) is 10. The van der Waals surface area contributed by atoms with E-state index in [1.807, 2.05) is 0 Å². The number of amides is 3. The summed E-state index contributed by atoms with van der Waals surface area (Å²) in [6.45, 7) is 8.66. The molecule has 0 bridgehead atoms. The summed E-state index contributed by atoms with van der Waals surface area (Å²) < 4.78 is 52.8. The second-order valence-electron chi connectivity index (χ2n) is 12.4. The van der Waals surface area contributed by atoms with E-state index in [-0.39, 0.29) is 52.6 Å². The molecule has 0 radical (unpaired) electrons. The Balaban J connectivity index is 1.66. The summed E-state index contributed by atoms with van der Waals surface area (Å²) in [7, 11) is 0. The average Bonchev–Trinajstić information content (AvgIpc) is 3.68. The molecule has 13 nitrogen and oxygen atoms in total. The molecular formula is C33H35F3N6O7S. The molecule has 1 saturated heterocycles. The number of carbonyl (C=O) groups excluding carboxylic acids is 3. The van der Waals surface area contributed by atoms with Crippen LogP contribution in [-0.4, -0.2) is 80.6 Å². The Labute approximate surface area is 288 Å². The van der Waals surface area contributed by atoms with Crippen LogP contribution in [0.1, 0.15) is 56.7 Å². The molecule has 1 aromatic carbocycles. The normalized spacial score (nSPS) is 16.4. The van der Waals surface area contributed by atoms with E-state index in [1.165, 1.54) is 34.0 Å². The zero-order valence-electron chi connectivity index (χ0n) is 27.8. The fourth-order valence-electron chi connectivity index (χ4n) is 5.45. The Morgan fingerprint density at radius 3 is 2.48 bits per heavy atom. The van der Waals surface area contributed by atoms with Gasteiger partial charge in [-0.1, -0.05) is 6.07 Å². The second-order valence-corrected chi connectivity index (χ2v) is 13.2. The van der Waals surface area contributed by atoms with Gasteiger partial charge in [0.05, 0.1) is 30.8 Å². The number of esters is 1. The third-order valence-electron chi connectivity index (χ3n) is 7.61. The fourth-order valence-corrected chi connectivity index (χ4v) is 6.31. The fraction of sp³-hybridized carbons (Fsp3) is 0.394. The minimum Gasteiger partial charge on any atom is -0.462 e. The first-order chi connectivity index (χ1) is 23.5. The SMILES string of the molecule is CCNC(=O)Nc1cc(-c2nc(C(F)(F)F)cs2)c(-c2ccc3c(c2)c(=O)c(C(=O)OCC)cn3[C@@H]2CN(C(=O)OC(C)(C)C)C[C@H]2O)cn1. The number of carbonyl (C=O) groups is 3. The van der Waals surface area contributed by atoms with Crippen molar-refractivity contribution in [2.24, 2.45) is 0 Å². The highest BCUT2D eigenvalue weighted by Crippen LogP contribution is 2.39. The van der Waals surface area contributed by atoms with E-state index in [0.717, 1.165) is 16.7 Å². The van der Waals surface area contributed by atoms with E-state index in [1.54, 1.807) is 46.8 Å². The van der Waals surface area contributed by atoms with Gasteiger partial charge in [-0.15, -0.1) is 11.3 Å². The van der Waals surface area contributed by atoms with Crippen LogP contribution in [0, 0.1) is 0 Å². The summed E-state index contributed by atoms with van der Waals surface area (Å²) in [6, 6.07) is 4.63. The van der Waals surface area contributed by atoms with Gasteiger partial charge in [-0.25, -0.2) is 24.4 Å². The van der Waals surface area contributed by atoms with Crippen LogP contribution in [0.25, 0.3) is 32.6 Å². The number of nitrogens with one attached hydrogen (secondary N) is 2. The minimum absolute atomic E-state index is 0.00219. The molecule has 4 heterocycles. The van der Waals surface area contributed by atoms with Gasteiger partial charge in [0.1, 0.15) is 22.0 Å². The molecule has 2 atom stereocenters. The van der Waals surface area contributed by atoms with Gasteiger partial charge in [0, 0.05) is 47.4 Å². The van der Waals surface area contributed by atoms with E-state index in [2.05, 4.69) is 20.6 Å². The van der Waals surface area contributed by atoms with E-state index in [4.69, 9.17) is 9.47 Å². The number of rotatable bonds is 7. The van der Waals surface area contributed by atoms with Crippen molar-refractivity contribution in [1.82, 2.24) is 24.8 Å². The van der Waals surface area contributed by atoms with Crippen molar-refractivity contribution in [2.75, 3.05) is 31.6 Å². The number of anilines is 1. The van der Waals surface area contributed by atoms with Crippen LogP contribution in [0.4, 0.5) is 28.6 Å². The van der Waals surface area contributed by atoms with Crippen LogP contribution in [0.2, 0.25) is 0 Å². The number of fused-ring (bicyclic) bond motifs is 1. The molecule has 17 heteroatoms. The monoisotopic (exact) mass is 716 g/mol. The third-order valence-corrected chi connectivity index (χ3v) is 8.49. The highest BCUT2D eigenvalue weighted by molar-refractivity contribution is 7.13. The number of likely N-dealkylation sites (tertiary alicyclic amines) is 1. The maximum atomic E-state index is 13.8. The first-order valence-electron chi connectivity index (χ1n) is 15.6. The lowest BCUT2D eigenvalue weighted by atomic mass is 9.99. The first-order valence-corrected chi connectivity index (χ1v) is 16.5. The van der Waals surface area contributed by atoms with Crippen molar-refractivity contribution in [2.45, 2.75) is 58.5 Å². The van der Waals surface area contributed by atoms with Crippen LogP contribution in [0.5, 0.6) is 0 Å². The van der Waals surface area contributed by atoms with Crippen LogP contribution < -0.4 is 16.1 Å². The smallest absolute Gasteiger partial charge is 0.434 e. The zero-order valence-corrected chi connectivity index (χ0v) is 28.6. The van der Waals surface area contributed by atoms with Gasteiger partial charge in [0.15, 0.2) is 5.69 Å². The number of urea groups is 1. The summed E-state index contributed by atoms with van der Waals surface area (Å²) in [4.78, 5) is 61.3. The minimum atomic E-state index is -4.70. The highest BCUT2D eigenvalue weighted by atomic mass is 32.1. The number of benzene rings is 1. The van der Waals surface area contributed by atoms with Crippen molar-refractivity contribution >= 4 is 46.2 Å². The molecule has 1 fully saturated rings. The Morgan fingerprint density at radius 1 is 1.10 bits per heavy atom. The molecule has 0 unspecified atom stereocenters. The lowest BCUT2D eigenvalue weighted by Crippen LogP contribution is -2.36. The molecule has 1 aliphatic heterocycles. The summed E-state index contributed by atoms with van der Waals surface area (Å²) in [5.41, 5.74) is -1.79. The highest BCUT2D eigenvalue weighted by Gasteiger charge is 2.38. The standard InChI is InChI=1S/C33H35F3N6O7S/c1-6-37-30(46)40-26-11-18(28-39-25(16-50-28)33(34,35)36)20(12-38-26)17-8-9-22-19(10-17)27(44)21(29(45)48-7-2)13-42(22)23-14-41(15-24(23)43)31(47)49-32(3,4)5/h8-13,16,23-24,43H,6-7,14-15H2,1-5H3,(H2,37,38,40,46)/t23-,24-/m1/s1. The lowest BCUT2D eigenvalue weighted by molar-refractivity contribution is -0.140. The number of nitrogens with zero attached hydrogens (tertiary/aromatic N) is 4. The first kappa shape index (κ1) is 36.3. The predicted molar refractivity (Wildman–Crippen MR) is 179 cm³/mol. The van der Waals surface area contributed by atoms with Gasteiger partial charge in [0.25, 0.3) is 0 Å². The molecule has 50 heavy (non-hydrogen) atoms. The lowest BCUT2D eigenvalue weighted by Gasteiger charge is -2.25. The largest absolute Gasteiger partial charge is 0.462 e. The van der Waals surface area contributed by atoms with Gasteiger partial charge in [-0.05, 0) is 58.4 Å². The summed E-state index contributed by atoms with van der Waals surface area (Å²) >= 11 is 0.736. The van der Waals surface area contributed by atoms with Crippen molar-refractivity contribution < 1.29 is 42.1 Å². The van der Waals surface area contributed by atoms with Gasteiger partial charge < -0.3 is 29.4 Å². The van der Waals surface area contributed by atoms with Gasteiger partial charge in [-0.3, -0.25) is 10.1 Å². The van der Waals surface area contributed by atoms with Crippen LogP contribution in [0.15, 0.2) is 46.8 Å². The van der Waals surface area contributed by atoms with Crippen molar-refractivity contribution in [3.05, 3.63) is 63.5 Å². The number of ether oxygens (including phenoxy) is 2. The third kappa shape index (κ3) is 7.73. The average molecular weight is 717 g/mol. The van der Waals surface area contributed by atoms with E-state index >= 15 is 0 Å². The number of hydrogen-bond donors (Lipinski definition) is 3. The molecule has 3 amide bonds. The number of thiazole rings is 1. The molecule has 0 saturated carbocycles. The molecule has 0 aliphatic carbocycles. The number of aliphatic hydroxyl groups is 1. The van der Waals surface area contributed by atoms with Gasteiger partial charge in [-0.2, -0.15) is 13.2 Å². The van der Waals surface area contributed by atoms with Crippen LogP contribution in [-0.2, 0) is 15.7 Å². The molecule has 5 rings (SSSR count). The van der Waals surface area contributed by atoms with Crippen molar-refractivity contribution in [3.8, 4) is 21.7 Å². The summed E-state index contributed by atoms with van der Waals surface area (Å²) in [5, 5.41) is 17.1. The van der Waals surface area contributed by atoms with Crippen LogP contribution in [0.3, 0.4) is 0 Å². The molecule has 1 aliphatic rings. The molecule has 4 aromatic rings. The van der Waals surface area contributed by atoms with E-state index < -0.39 is 53.1 Å². The molecule has 266 valence electrons. The number of aromatic nitrogens is 3. The zero-order chi connectivity index (χ0) is 36.5. The topological polar surface area (TPSA) is 165 Å². The van der Waals surface area contributed by atoms with E-state index in [9.17, 15) is 37.5 Å². The van der Waals surface area contributed by atoms with Gasteiger partial charge >= 0.3 is 24.3 Å². The Kier molecular flexibility index (Phi) is 10.2. The molecule has 0 spiro atoms. The van der Waals surface area contributed by atoms with Gasteiger partial charge in [0.2, 0.25) is 5.43 Å². The number of halogens is 3. The number of aliphatic hydroxyl groups excluding tert-OH is 1. The molecule has 3 N–H and O–H groups in total. The molecule has 3 aromatic heterocycles. The maximum absolute atomic E-state index is 13.8. The van der Waals surface area contributed by atoms with Crippen LogP contribution >= 0.6 is 11.3 Å². The predicted octanol–water partition coefficient (Wildman–Crippen LogP) is 5.68.